The number of benzene rings is 2. The Bertz CT molecular complexity index is 996. The Balaban J connectivity index is 2.22. The van der Waals surface area contributed by atoms with Crippen LogP contribution in [0.15, 0.2) is 70.1 Å². The quantitative estimate of drug-likeness (QED) is 0.716. The Morgan fingerprint density at radius 1 is 1.00 bits per heavy atom. The predicted octanol–water partition coefficient (Wildman–Crippen LogP) is 3.39. The molecule has 0 N–H and O–H groups in total. The maximum absolute atomic E-state index is 13.0. The molecule has 0 atom stereocenters. The number of aromatic nitrogens is 1. The number of carbonyl (C=O) groups is 1. The molecule has 3 rings (SSSR count). The van der Waals surface area contributed by atoms with Crippen LogP contribution in [0.2, 0.25) is 0 Å². The van der Waals surface area contributed by atoms with E-state index in [9.17, 15) is 13.2 Å². The highest BCUT2D eigenvalue weighted by Crippen LogP contribution is 2.36. The van der Waals surface area contributed by atoms with Crippen LogP contribution < -0.4 is 4.31 Å². The van der Waals surface area contributed by atoms with Gasteiger partial charge in [0, 0.05) is 12.5 Å². The molecule has 1 heterocycles. The van der Waals surface area contributed by atoms with E-state index >= 15 is 0 Å². The first kappa shape index (κ1) is 16.9. The van der Waals surface area contributed by atoms with Crippen LogP contribution in [0.4, 0.5) is 5.69 Å². The van der Waals surface area contributed by atoms with Crippen LogP contribution in [0.1, 0.15) is 12.7 Å². The number of hydrogen-bond acceptors (Lipinski definition) is 5. The van der Waals surface area contributed by atoms with Crippen molar-refractivity contribution >= 4 is 21.6 Å². The molecule has 128 valence electrons. The zero-order chi connectivity index (χ0) is 18.0. The van der Waals surface area contributed by atoms with Crippen LogP contribution in [0.3, 0.4) is 0 Å². The summed E-state index contributed by atoms with van der Waals surface area (Å²) in [6.07, 6.45) is 0. The summed E-state index contributed by atoms with van der Waals surface area (Å²) in [6.45, 7) is 2.77. The molecular formula is C18H16N2O4S. The van der Waals surface area contributed by atoms with Crippen LogP contribution in [-0.4, -0.2) is 19.5 Å². The van der Waals surface area contributed by atoms with Gasteiger partial charge >= 0.3 is 0 Å². The molecule has 0 saturated carbocycles. The van der Waals surface area contributed by atoms with E-state index in [-0.39, 0.29) is 16.3 Å². The van der Waals surface area contributed by atoms with Gasteiger partial charge in [-0.3, -0.25) is 4.79 Å². The fourth-order valence-corrected chi connectivity index (χ4v) is 4.04. The molecule has 0 fully saturated rings. The van der Waals surface area contributed by atoms with Crippen LogP contribution in [0, 0.1) is 6.92 Å². The molecule has 0 aliphatic heterocycles. The number of hydrogen-bond donors (Lipinski definition) is 0. The van der Waals surface area contributed by atoms with Crippen molar-refractivity contribution in [3.05, 3.63) is 66.4 Å². The standard InChI is InChI=1S/C18H16N2O4S/c1-13-18(17(19-24-13)15-9-5-3-6-10-15)20(14(2)21)25(22,23)16-11-7-4-8-12-16/h3-12H,1-2H3. The molecule has 0 aliphatic carbocycles. The highest BCUT2D eigenvalue weighted by molar-refractivity contribution is 7.93. The van der Waals surface area contributed by atoms with E-state index in [4.69, 9.17) is 4.52 Å². The normalized spacial score (nSPS) is 11.3. The Labute approximate surface area is 145 Å². The summed E-state index contributed by atoms with van der Waals surface area (Å²) in [7, 11) is -4.09. The topological polar surface area (TPSA) is 80.5 Å². The van der Waals surface area contributed by atoms with Crippen molar-refractivity contribution < 1.29 is 17.7 Å². The molecule has 1 aromatic heterocycles. The van der Waals surface area contributed by atoms with Gasteiger partial charge in [-0.05, 0) is 19.1 Å². The summed E-state index contributed by atoms with van der Waals surface area (Å²) >= 11 is 0. The van der Waals surface area contributed by atoms with Crippen LogP contribution >= 0.6 is 0 Å². The van der Waals surface area contributed by atoms with Gasteiger partial charge in [0.05, 0.1) is 4.90 Å². The van der Waals surface area contributed by atoms with E-state index in [0.29, 0.717) is 11.3 Å². The predicted molar refractivity (Wildman–Crippen MR) is 93.5 cm³/mol. The van der Waals surface area contributed by atoms with Gasteiger partial charge in [0.25, 0.3) is 10.0 Å². The zero-order valence-corrected chi connectivity index (χ0v) is 14.5. The monoisotopic (exact) mass is 356 g/mol. The first-order valence-electron chi connectivity index (χ1n) is 7.55. The average molecular weight is 356 g/mol. The SMILES string of the molecule is CC(=O)N(c1c(-c2ccccc2)noc1C)S(=O)(=O)c1ccccc1. The maximum Gasteiger partial charge on any atom is 0.271 e. The molecular weight excluding hydrogens is 340 g/mol. The summed E-state index contributed by atoms with van der Waals surface area (Å²) in [6, 6.07) is 16.8. The highest BCUT2D eigenvalue weighted by atomic mass is 32.2. The van der Waals surface area contributed by atoms with E-state index in [1.54, 1.807) is 49.4 Å². The number of amides is 1. The van der Waals surface area contributed by atoms with Crippen molar-refractivity contribution in [1.82, 2.24) is 5.16 Å². The van der Waals surface area contributed by atoms with Crippen molar-refractivity contribution in [2.75, 3.05) is 4.31 Å². The van der Waals surface area contributed by atoms with Crippen molar-refractivity contribution in [1.29, 1.82) is 0 Å². The van der Waals surface area contributed by atoms with E-state index in [1.165, 1.54) is 19.1 Å². The largest absolute Gasteiger partial charge is 0.359 e. The smallest absolute Gasteiger partial charge is 0.271 e. The zero-order valence-electron chi connectivity index (χ0n) is 13.7. The van der Waals surface area contributed by atoms with E-state index < -0.39 is 15.9 Å². The Morgan fingerprint density at radius 2 is 1.56 bits per heavy atom. The first-order chi connectivity index (χ1) is 11.9. The second kappa shape index (κ2) is 6.52. The Kier molecular flexibility index (Phi) is 4.41. The molecule has 0 spiro atoms. The molecule has 0 bridgehead atoms. The van der Waals surface area contributed by atoms with Crippen LogP contribution in [-0.2, 0) is 14.8 Å². The second-order valence-corrected chi connectivity index (χ2v) is 7.19. The lowest BCUT2D eigenvalue weighted by Gasteiger charge is -2.21. The minimum absolute atomic E-state index is 0.0183. The molecule has 0 unspecified atom stereocenters. The van der Waals surface area contributed by atoms with Gasteiger partial charge in [-0.1, -0.05) is 53.7 Å². The van der Waals surface area contributed by atoms with Gasteiger partial charge in [-0.15, -0.1) is 0 Å². The van der Waals surface area contributed by atoms with Crippen LogP contribution in [0.25, 0.3) is 11.3 Å². The molecule has 7 heteroatoms. The summed E-state index contributed by atoms with van der Waals surface area (Å²) in [4.78, 5) is 12.3. The van der Waals surface area contributed by atoms with E-state index in [0.717, 1.165) is 4.31 Å². The van der Waals surface area contributed by atoms with Crippen molar-refractivity contribution in [2.45, 2.75) is 18.7 Å². The van der Waals surface area contributed by atoms with Crippen molar-refractivity contribution in [3.8, 4) is 11.3 Å². The number of anilines is 1. The first-order valence-corrected chi connectivity index (χ1v) is 8.99. The van der Waals surface area contributed by atoms with Gasteiger partial charge in [-0.2, -0.15) is 4.31 Å². The van der Waals surface area contributed by atoms with Crippen LogP contribution in [0.5, 0.6) is 0 Å². The number of nitrogens with zero attached hydrogens (tertiary/aromatic N) is 2. The average Bonchev–Trinajstić information content (AvgIpc) is 2.97. The number of sulfonamides is 1. The molecule has 6 nitrogen and oxygen atoms in total. The third kappa shape index (κ3) is 3.06. The third-order valence-electron chi connectivity index (χ3n) is 3.65. The maximum atomic E-state index is 13.0. The molecule has 0 saturated heterocycles. The highest BCUT2D eigenvalue weighted by Gasteiger charge is 2.34. The number of aryl methyl sites for hydroxylation is 1. The Morgan fingerprint density at radius 3 is 2.12 bits per heavy atom. The van der Waals surface area contributed by atoms with E-state index in [1.807, 2.05) is 6.07 Å². The molecule has 0 aliphatic rings. The van der Waals surface area contributed by atoms with Gasteiger partial charge < -0.3 is 4.52 Å². The van der Waals surface area contributed by atoms with Crippen molar-refractivity contribution in [3.63, 3.8) is 0 Å². The second-order valence-electron chi connectivity index (χ2n) is 5.40. The molecule has 1 amide bonds. The molecule has 3 aromatic rings. The van der Waals surface area contributed by atoms with Gasteiger partial charge in [0.1, 0.15) is 11.4 Å². The number of carbonyl (C=O) groups excluding carboxylic acids is 1. The minimum Gasteiger partial charge on any atom is -0.359 e. The fraction of sp³-hybridized carbons (Fsp3) is 0.111. The van der Waals surface area contributed by atoms with Gasteiger partial charge in [0.15, 0.2) is 5.76 Å². The summed E-state index contributed by atoms with van der Waals surface area (Å²) in [5.41, 5.74) is 1.08. The summed E-state index contributed by atoms with van der Waals surface area (Å²) in [5.74, 6) is -0.402. The minimum atomic E-state index is -4.09. The van der Waals surface area contributed by atoms with Gasteiger partial charge in [-0.25, -0.2) is 8.42 Å². The van der Waals surface area contributed by atoms with Crippen molar-refractivity contribution in [2.24, 2.45) is 0 Å². The lowest BCUT2D eigenvalue weighted by Crippen LogP contribution is -2.35. The fourth-order valence-electron chi connectivity index (χ4n) is 2.54. The lowest BCUT2D eigenvalue weighted by molar-refractivity contribution is -0.115. The molecule has 2 aromatic carbocycles. The lowest BCUT2D eigenvalue weighted by atomic mass is 10.1. The summed E-state index contributed by atoms with van der Waals surface area (Å²) < 4.78 is 32.0. The third-order valence-corrected chi connectivity index (χ3v) is 5.44. The van der Waals surface area contributed by atoms with E-state index in [2.05, 4.69) is 5.16 Å². The molecule has 25 heavy (non-hydrogen) atoms. The summed E-state index contributed by atoms with van der Waals surface area (Å²) in [5, 5.41) is 3.96. The number of rotatable bonds is 4. The molecule has 0 radical (unpaired) electrons. The van der Waals surface area contributed by atoms with Gasteiger partial charge in [0.2, 0.25) is 5.91 Å². The Hall–Kier alpha value is -2.93.